The minimum atomic E-state index is 0.217. The van der Waals surface area contributed by atoms with Crippen molar-refractivity contribution < 1.29 is 4.74 Å². The van der Waals surface area contributed by atoms with E-state index < -0.39 is 0 Å². The van der Waals surface area contributed by atoms with Gasteiger partial charge >= 0.3 is 0 Å². The van der Waals surface area contributed by atoms with Crippen molar-refractivity contribution in [1.82, 2.24) is 15.1 Å². The molecule has 0 radical (unpaired) electrons. The molecule has 1 heterocycles. The van der Waals surface area contributed by atoms with E-state index in [0.717, 1.165) is 49.1 Å². The van der Waals surface area contributed by atoms with Crippen LogP contribution in [-0.4, -0.2) is 30.0 Å². The van der Waals surface area contributed by atoms with Crippen molar-refractivity contribution in [1.29, 1.82) is 0 Å². The van der Waals surface area contributed by atoms with Gasteiger partial charge < -0.3 is 10.1 Å². The summed E-state index contributed by atoms with van der Waals surface area (Å²) in [5.74, 6) is 0. The molecule has 1 rings (SSSR count). The zero-order valence-electron chi connectivity index (χ0n) is 12.7. The lowest BCUT2D eigenvalue weighted by molar-refractivity contribution is 0.150. The van der Waals surface area contributed by atoms with Gasteiger partial charge in [0.1, 0.15) is 0 Å². The van der Waals surface area contributed by atoms with Gasteiger partial charge in [-0.05, 0) is 25.7 Å². The molecule has 0 bridgehead atoms. The minimum absolute atomic E-state index is 0.217. The first-order chi connectivity index (χ1) is 8.91. The average Bonchev–Trinajstić information content (AvgIpc) is 2.64. The highest BCUT2D eigenvalue weighted by Crippen LogP contribution is 2.22. The molecule has 0 saturated heterocycles. The Balaban J connectivity index is 2.53. The quantitative estimate of drug-likeness (QED) is 0.799. The summed E-state index contributed by atoms with van der Waals surface area (Å²) in [4.78, 5) is 0. The second-order valence-corrected chi connectivity index (χ2v) is 6.05. The third-order valence-electron chi connectivity index (χ3n) is 3.33. The molecule has 0 amide bonds. The van der Waals surface area contributed by atoms with E-state index in [0.29, 0.717) is 0 Å². The molecule has 5 heteroatoms. The Bertz CT molecular complexity index is 402. The van der Waals surface area contributed by atoms with Gasteiger partial charge in [0.05, 0.1) is 16.4 Å². The van der Waals surface area contributed by atoms with Crippen molar-refractivity contribution in [3.63, 3.8) is 0 Å². The number of methoxy groups -OCH3 is 1. The Labute approximate surface area is 121 Å². The standard InChI is InChI=1S/C14H26ClN3O/c1-6-18-12(13(15)11(2)17-18)9-16-10-14(3,4)7-8-19-5/h16H,6-10H2,1-5H3. The van der Waals surface area contributed by atoms with Gasteiger partial charge in [-0.2, -0.15) is 5.10 Å². The van der Waals surface area contributed by atoms with Crippen LogP contribution in [0.2, 0.25) is 5.02 Å². The Morgan fingerprint density at radius 1 is 1.42 bits per heavy atom. The number of ether oxygens (including phenoxy) is 1. The maximum atomic E-state index is 6.28. The average molecular weight is 288 g/mol. The number of nitrogens with one attached hydrogen (secondary N) is 1. The van der Waals surface area contributed by atoms with Crippen molar-refractivity contribution in [2.24, 2.45) is 5.41 Å². The number of rotatable bonds is 8. The van der Waals surface area contributed by atoms with Crippen LogP contribution in [0.3, 0.4) is 0 Å². The molecule has 19 heavy (non-hydrogen) atoms. The van der Waals surface area contributed by atoms with Crippen LogP contribution in [0, 0.1) is 12.3 Å². The van der Waals surface area contributed by atoms with E-state index in [1.54, 1.807) is 7.11 Å². The van der Waals surface area contributed by atoms with Crippen LogP contribution < -0.4 is 5.32 Å². The molecule has 0 atom stereocenters. The maximum Gasteiger partial charge on any atom is 0.0860 e. The number of nitrogens with zero attached hydrogens (tertiary/aromatic N) is 2. The molecule has 0 aliphatic rings. The second kappa shape index (κ2) is 7.27. The Morgan fingerprint density at radius 3 is 2.68 bits per heavy atom. The lowest BCUT2D eigenvalue weighted by Gasteiger charge is -2.24. The summed E-state index contributed by atoms with van der Waals surface area (Å²) in [6.45, 7) is 11.8. The summed E-state index contributed by atoms with van der Waals surface area (Å²) in [7, 11) is 1.74. The van der Waals surface area contributed by atoms with Crippen molar-refractivity contribution in [2.75, 3.05) is 20.3 Å². The summed E-state index contributed by atoms with van der Waals surface area (Å²) in [5, 5.41) is 8.68. The van der Waals surface area contributed by atoms with E-state index in [4.69, 9.17) is 16.3 Å². The summed E-state index contributed by atoms with van der Waals surface area (Å²) in [6.07, 6.45) is 1.04. The number of aromatic nitrogens is 2. The highest BCUT2D eigenvalue weighted by molar-refractivity contribution is 6.31. The zero-order valence-corrected chi connectivity index (χ0v) is 13.5. The van der Waals surface area contributed by atoms with Crippen LogP contribution >= 0.6 is 11.6 Å². The third-order valence-corrected chi connectivity index (χ3v) is 3.82. The predicted molar refractivity (Wildman–Crippen MR) is 79.6 cm³/mol. The SMILES string of the molecule is CCn1nc(C)c(Cl)c1CNCC(C)(C)CCOC. The molecule has 1 aromatic heterocycles. The molecule has 1 aromatic rings. The largest absolute Gasteiger partial charge is 0.385 e. The smallest absolute Gasteiger partial charge is 0.0860 e. The molecule has 0 aromatic carbocycles. The molecule has 1 N–H and O–H groups in total. The first kappa shape index (κ1) is 16.5. The fourth-order valence-electron chi connectivity index (χ4n) is 2.02. The summed E-state index contributed by atoms with van der Waals surface area (Å²) >= 11 is 6.28. The fraction of sp³-hybridized carbons (Fsp3) is 0.786. The summed E-state index contributed by atoms with van der Waals surface area (Å²) in [5.41, 5.74) is 2.19. The fourth-order valence-corrected chi connectivity index (χ4v) is 2.23. The highest BCUT2D eigenvalue weighted by atomic mass is 35.5. The molecule has 0 unspecified atom stereocenters. The molecule has 0 saturated carbocycles. The first-order valence-corrected chi connectivity index (χ1v) is 7.20. The van der Waals surface area contributed by atoms with E-state index >= 15 is 0 Å². The molecule has 0 spiro atoms. The third kappa shape index (κ3) is 4.79. The van der Waals surface area contributed by atoms with Crippen LogP contribution in [-0.2, 0) is 17.8 Å². The Hall–Kier alpha value is -0.580. The summed E-state index contributed by atoms with van der Waals surface area (Å²) < 4.78 is 7.10. The topological polar surface area (TPSA) is 39.1 Å². The normalized spacial score (nSPS) is 12.1. The van der Waals surface area contributed by atoms with Crippen LogP contribution in [0.5, 0.6) is 0 Å². The molecule has 0 aliphatic carbocycles. The van der Waals surface area contributed by atoms with E-state index in [1.807, 2.05) is 11.6 Å². The number of aryl methyl sites for hydroxylation is 2. The van der Waals surface area contributed by atoms with Crippen molar-refractivity contribution in [3.05, 3.63) is 16.4 Å². The Morgan fingerprint density at radius 2 is 2.11 bits per heavy atom. The highest BCUT2D eigenvalue weighted by Gasteiger charge is 2.18. The van der Waals surface area contributed by atoms with E-state index in [-0.39, 0.29) is 5.41 Å². The van der Waals surface area contributed by atoms with Crippen molar-refractivity contribution in [3.8, 4) is 0 Å². The van der Waals surface area contributed by atoms with Crippen LogP contribution in [0.15, 0.2) is 0 Å². The minimum Gasteiger partial charge on any atom is -0.385 e. The van der Waals surface area contributed by atoms with Crippen molar-refractivity contribution >= 4 is 11.6 Å². The van der Waals surface area contributed by atoms with Gasteiger partial charge in [-0.25, -0.2) is 0 Å². The maximum absolute atomic E-state index is 6.28. The van der Waals surface area contributed by atoms with Crippen LogP contribution in [0.4, 0.5) is 0 Å². The van der Waals surface area contributed by atoms with Gasteiger partial charge in [0.2, 0.25) is 0 Å². The van der Waals surface area contributed by atoms with Gasteiger partial charge in [-0.1, -0.05) is 25.4 Å². The van der Waals surface area contributed by atoms with Gasteiger partial charge in [0, 0.05) is 33.4 Å². The van der Waals surface area contributed by atoms with Crippen molar-refractivity contribution in [2.45, 2.75) is 47.2 Å². The molecule has 0 aliphatic heterocycles. The first-order valence-electron chi connectivity index (χ1n) is 6.82. The Kier molecular flexibility index (Phi) is 6.30. The number of hydrogen-bond acceptors (Lipinski definition) is 3. The molecular weight excluding hydrogens is 262 g/mol. The van der Waals surface area contributed by atoms with Crippen LogP contribution in [0.25, 0.3) is 0 Å². The monoisotopic (exact) mass is 287 g/mol. The van der Waals surface area contributed by atoms with Gasteiger partial charge in [0.25, 0.3) is 0 Å². The zero-order chi connectivity index (χ0) is 14.5. The molecule has 110 valence electrons. The molecule has 0 fully saturated rings. The lowest BCUT2D eigenvalue weighted by atomic mass is 9.90. The van der Waals surface area contributed by atoms with E-state index in [9.17, 15) is 0 Å². The molecule has 4 nitrogen and oxygen atoms in total. The van der Waals surface area contributed by atoms with Gasteiger partial charge in [-0.3, -0.25) is 4.68 Å². The number of hydrogen-bond donors (Lipinski definition) is 1. The number of halogens is 1. The van der Waals surface area contributed by atoms with E-state index in [1.165, 1.54) is 0 Å². The van der Waals surface area contributed by atoms with Gasteiger partial charge in [-0.15, -0.1) is 0 Å². The van der Waals surface area contributed by atoms with Crippen LogP contribution in [0.1, 0.15) is 38.6 Å². The van der Waals surface area contributed by atoms with E-state index in [2.05, 4.69) is 31.2 Å². The lowest BCUT2D eigenvalue weighted by Crippen LogP contribution is -2.30. The second-order valence-electron chi connectivity index (χ2n) is 5.67. The molecular formula is C14H26ClN3O. The predicted octanol–water partition coefficient (Wildman–Crippen LogP) is 3.02. The van der Waals surface area contributed by atoms with Gasteiger partial charge in [0.15, 0.2) is 0 Å². The summed E-state index contributed by atoms with van der Waals surface area (Å²) in [6, 6.07) is 0.